The van der Waals surface area contributed by atoms with E-state index in [0.29, 0.717) is 28.2 Å². The first kappa shape index (κ1) is 20.9. The zero-order valence-corrected chi connectivity index (χ0v) is 17.6. The second-order valence-corrected chi connectivity index (χ2v) is 8.39. The number of fused-ring (bicyclic) bond motifs is 1. The highest BCUT2D eigenvalue weighted by molar-refractivity contribution is 5.90. The Labute approximate surface area is 171 Å². The summed E-state index contributed by atoms with van der Waals surface area (Å²) in [6, 6.07) is 3.55. The molecule has 1 aromatic carbocycles. The maximum Gasteiger partial charge on any atom is 0.410 e. The molecule has 1 N–H and O–H groups in total. The largest absolute Gasteiger partial charge is 0.504 e. The lowest BCUT2D eigenvalue weighted by Crippen LogP contribution is -2.41. The van der Waals surface area contributed by atoms with E-state index in [1.54, 1.807) is 24.1 Å². The molecule has 156 valence electrons. The number of carbonyl (C=O) groups excluding carboxylic acids is 1. The van der Waals surface area contributed by atoms with Gasteiger partial charge in [0.05, 0.1) is 12.5 Å². The molecule has 1 amide bonds. The molecule has 0 bridgehead atoms. The summed E-state index contributed by atoms with van der Waals surface area (Å²) >= 11 is 0. The van der Waals surface area contributed by atoms with Gasteiger partial charge in [0.1, 0.15) is 23.2 Å². The summed E-state index contributed by atoms with van der Waals surface area (Å²) in [7, 11) is 1.59. The van der Waals surface area contributed by atoms with E-state index in [4.69, 9.17) is 13.9 Å². The van der Waals surface area contributed by atoms with Crippen LogP contribution >= 0.6 is 0 Å². The SMILES string of the molecule is COc1ccc2c(O)coc2c1C#CCCC1CCN(C(=O)OC(C)(C)C)CC1. The Morgan fingerprint density at radius 1 is 1.31 bits per heavy atom. The van der Waals surface area contributed by atoms with Crippen LogP contribution < -0.4 is 4.74 Å². The van der Waals surface area contributed by atoms with Gasteiger partial charge in [0.15, 0.2) is 11.3 Å². The van der Waals surface area contributed by atoms with Crippen molar-refractivity contribution in [1.82, 2.24) is 4.90 Å². The van der Waals surface area contributed by atoms with Crippen LogP contribution in [-0.4, -0.2) is 41.9 Å². The number of furan rings is 1. The van der Waals surface area contributed by atoms with Crippen LogP contribution in [0.1, 0.15) is 52.0 Å². The Hall–Kier alpha value is -2.81. The number of benzene rings is 1. The molecule has 0 atom stereocenters. The summed E-state index contributed by atoms with van der Waals surface area (Å²) in [5.41, 5.74) is 0.739. The van der Waals surface area contributed by atoms with E-state index in [1.165, 1.54) is 6.26 Å². The molecule has 1 aromatic heterocycles. The molecule has 6 nitrogen and oxygen atoms in total. The van der Waals surface area contributed by atoms with Gasteiger partial charge in [0, 0.05) is 19.5 Å². The van der Waals surface area contributed by atoms with Gasteiger partial charge in [0.2, 0.25) is 0 Å². The van der Waals surface area contributed by atoms with E-state index >= 15 is 0 Å². The maximum absolute atomic E-state index is 12.1. The van der Waals surface area contributed by atoms with Gasteiger partial charge >= 0.3 is 6.09 Å². The Morgan fingerprint density at radius 3 is 2.69 bits per heavy atom. The van der Waals surface area contributed by atoms with Crippen molar-refractivity contribution < 1.29 is 23.8 Å². The van der Waals surface area contributed by atoms with Crippen LogP contribution in [0.15, 0.2) is 22.8 Å². The second-order valence-electron chi connectivity index (χ2n) is 8.39. The predicted molar refractivity (Wildman–Crippen MR) is 111 cm³/mol. The standard InChI is InChI=1S/C23H29NO5/c1-23(2,3)29-22(26)24-13-11-16(12-14-24)7-5-6-8-18-20(27-4)10-9-17-19(25)15-28-21(17)18/h9-10,15-16,25H,5,7,11-14H2,1-4H3. The van der Waals surface area contributed by atoms with Gasteiger partial charge in [-0.25, -0.2) is 4.79 Å². The number of methoxy groups -OCH3 is 1. The highest BCUT2D eigenvalue weighted by Gasteiger charge is 2.26. The molecule has 2 heterocycles. The third-order valence-corrected chi connectivity index (χ3v) is 5.06. The van der Waals surface area contributed by atoms with Crippen LogP contribution in [0.3, 0.4) is 0 Å². The number of hydrogen-bond donors (Lipinski definition) is 1. The molecule has 0 saturated carbocycles. The predicted octanol–water partition coefficient (Wildman–Crippen LogP) is 4.93. The fraction of sp³-hybridized carbons (Fsp3) is 0.522. The molecule has 0 radical (unpaired) electrons. The molecule has 3 rings (SSSR count). The summed E-state index contributed by atoms with van der Waals surface area (Å²) in [5, 5.41) is 10.5. The average Bonchev–Trinajstić information content (AvgIpc) is 3.05. The molecular formula is C23H29NO5. The Balaban J connectivity index is 1.54. The summed E-state index contributed by atoms with van der Waals surface area (Å²) < 4.78 is 16.3. The van der Waals surface area contributed by atoms with E-state index < -0.39 is 5.60 Å². The molecule has 2 aromatic rings. The van der Waals surface area contributed by atoms with Crippen molar-refractivity contribution in [3.8, 4) is 23.3 Å². The van der Waals surface area contributed by atoms with Crippen LogP contribution in [0.4, 0.5) is 4.79 Å². The van der Waals surface area contributed by atoms with E-state index in [2.05, 4.69) is 11.8 Å². The normalized spacial score (nSPS) is 15.1. The van der Waals surface area contributed by atoms with Crippen LogP contribution in [0, 0.1) is 17.8 Å². The lowest BCUT2D eigenvalue weighted by atomic mass is 9.92. The van der Waals surface area contributed by atoms with E-state index in [9.17, 15) is 9.90 Å². The molecule has 6 heteroatoms. The summed E-state index contributed by atoms with van der Waals surface area (Å²) in [5.74, 6) is 7.64. The smallest absolute Gasteiger partial charge is 0.410 e. The number of piperidine rings is 1. The average molecular weight is 399 g/mol. The lowest BCUT2D eigenvalue weighted by molar-refractivity contribution is 0.0181. The number of likely N-dealkylation sites (tertiary alicyclic amines) is 1. The van der Waals surface area contributed by atoms with Crippen molar-refractivity contribution >= 4 is 17.1 Å². The van der Waals surface area contributed by atoms with Crippen molar-refractivity contribution in [2.24, 2.45) is 5.92 Å². The van der Waals surface area contributed by atoms with Gasteiger partial charge in [-0.05, 0) is 58.1 Å². The first-order valence-electron chi connectivity index (χ1n) is 10.0. The molecule has 0 unspecified atom stereocenters. The van der Waals surface area contributed by atoms with E-state index in [-0.39, 0.29) is 11.8 Å². The molecule has 0 aliphatic carbocycles. The fourth-order valence-corrected chi connectivity index (χ4v) is 3.51. The number of ether oxygens (including phenoxy) is 2. The van der Waals surface area contributed by atoms with Crippen LogP contribution in [0.25, 0.3) is 11.0 Å². The maximum atomic E-state index is 12.1. The van der Waals surface area contributed by atoms with Crippen LogP contribution in [0.5, 0.6) is 11.5 Å². The second kappa shape index (κ2) is 8.69. The monoisotopic (exact) mass is 399 g/mol. The zero-order chi connectivity index (χ0) is 21.0. The minimum atomic E-state index is -0.460. The molecule has 1 aliphatic rings. The first-order valence-corrected chi connectivity index (χ1v) is 10.0. The van der Waals surface area contributed by atoms with E-state index in [1.807, 2.05) is 20.8 Å². The molecule has 1 fully saturated rings. The topological polar surface area (TPSA) is 72.1 Å². The lowest BCUT2D eigenvalue weighted by Gasteiger charge is -2.33. The van der Waals surface area contributed by atoms with Gasteiger partial charge in [-0.1, -0.05) is 11.8 Å². The Bertz CT molecular complexity index is 920. The van der Waals surface area contributed by atoms with Gasteiger partial charge in [-0.3, -0.25) is 0 Å². The van der Waals surface area contributed by atoms with Crippen molar-refractivity contribution in [2.75, 3.05) is 20.2 Å². The Kier molecular flexibility index (Phi) is 6.26. The van der Waals surface area contributed by atoms with Crippen molar-refractivity contribution in [2.45, 2.75) is 52.1 Å². The van der Waals surface area contributed by atoms with Crippen molar-refractivity contribution in [3.05, 3.63) is 24.0 Å². The molecule has 1 saturated heterocycles. The zero-order valence-electron chi connectivity index (χ0n) is 17.6. The highest BCUT2D eigenvalue weighted by atomic mass is 16.6. The van der Waals surface area contributed by atoms with Crippen LogP contribution in [0.2, 0.25) is 0 Å². The van der Waals surface area contributed by atoms with E-state index in [0.717, 1.165) is 38.8 Å². The molecule has 1 aliphatic heterocycles. The van der Waals surface area contributed by atoms with Gasteiger partial charge in [-0.2, -0.15) is 0 Å². The third kappa shape index (κ3) is 5.17. The van der Waals surface area contributed by atoms with Gasteiger partial charge in [0.25, 0.3) is 0 Å². The number of rotatable bonds is 3. The summed E-state index contributed by atoms with van der Waals surface area (Å²) in [6.45, 7) is 7.11. The van der Waals surface area contributed by atoms with Crippen LogP contribution in [-0.2, 0) is 4.74 Å². The number of carbonyl (C=O) groups is 1. The van der Waals surface area contributed by atoms with Gasteiger partial charge in [-0.15, -0.1) is 0 Å². The van der Waals surface area contributed by atoms with Gasteiger partial charge < -0.3 is 23.9 Å². The quantitative estimate of drug-likeness (QED) is 0.741. The number of amides is 1. The fourth-order valence-electron chi connectivity index (χ4n) is 3.51. The first-order chi connectivity index (χ1) is 13.8. The number of hydrogen-bond acceptors (Lipinski definition) is 5. The minimum Gasteiger partial charge on any atom is -0.504 e. The highest BCUT2D eigenvalue weighted by Crippen LogP contribution is 2.34. The number of nitrogens with zero attached hydrogens (tertiary/aromatic N) is 1. The minimum absolute atomic E-state index is 0.0995. The molecule has 0 spiro atoms. The molecule has 29 heavy (non-hydrogen) atoms. The summed E-state index contributed by atoms with van der Waals surface area (Å²) in [4.78, 5) is 13.9. The summed E-state index contributed by atoms with van der Waals surface area (Å²) in [6.07, 6.45) is 4.75. The molecular weight excluding hydrogens is 370 g/mol. The Morgan fingerprint density at radius 2 is 2.03 bits per heavy atom. The van der Waals surface area contributed by atoms with Crippen molar-refractivity contribution in [1.29, 1.82) is 0 Å². The number of aromatic hydroxyl groups is 1. The third-order valence-electron chi connectivity index (χ3n) is 5.06. The van der Waals surface area contributed by atoms with Crippen molar-refractivity contribution in [3.63, 3.8) is 0 Å².